The van der Waals surface area contributed by atoms with Crippen LogP contribution in [-0.4, -0.2) is 63.2 Å². The molecule has 1 aromatic heterocycles. The molecule has 0 aliphatic carbocycles. The van der Waals surface area contributed by atoms with Gasteiger partial charge in [-0.25, -0.2) is 0 Å². The maximum atomic E-state index is 12.8. The zero-order valence-electron chi connectivity index (χ0n) is 14.0. The van der Waals surface area contributed by atoms with Crippen LogP contribution >= 0.6 is 0 Å². The number of para-hydroxylation sites is 1. The molecular weight excluding hydrogens is 306 g/mol. The summed E-state index contributed by atoms with van der Waals surface area (Å²) < 4.78 is 1.60. The van der Waals surface area contributed by atoms with Crippen LogP contribution in [0.1, 0.15) is 19.8 Å². The van der Waals surface area contributed by atoms with Crippen LogP contribution in [0, 0.1) is 0 Å². The first-order chi connectivity index (χ1) is 11.7. The lowest BCUT2D eigenvalue weighted by Crippen LogP contribution is -2.46. The number of tetrazole rings is 1. The average Bonchev–Trinajstić information content (AvgIpc) is 3.30. The number of carbonyl (C=O) groups is 1. The average molecular weight is 329 g/mol. The van der Waals surface area contributed by atoms with E-state index in [0.717, 1.165) is 25.2 Å². The standard InChI is InChI=1S/C16H23N7O/c1-3-14(15(24)22(2)13-9-10-17-11-13)18-16-19-20-21-23(16)12-7-5-4-6-8-12/h4-8,13-14,17H,3,9-11H2,1-2H3,(H,18,19,21). The third-order valence-corrected chi connectivity index (χ3v) is 4.41. The molecule has 0 saturated carbocycles. The lowest BCUT2D eigenvalue weighted by molar-refractivity contribution is -0.132. The molecule has 24 heavy (non-hydrogen) atoms. The molecule has 1 amide bonds. The van der Waals surface area contributed by atoms with E-state index >= 15 is 0 Å². The fraction of sp³-hybridized carbons (Fsp3) is 0.500. The maximum Gasteiger partial charge on any atom is 0.248 e. The van der Waals surface area contributed by atoms with E-state index in [1.165, 1.54) is 0 Å². The summed E-state index contributed by atoms with van der Waals surface area (Å²) >= 11 is 0. The van der Waals surface area contributed by atoms with E-state index in [4.69, 9.17) is 0 Å². The number of benzene rings is 1. The van der Waals surface area contributed by atoms with Crippen molar-refractivity contribution in [3.8, 4) is 5.69 Å². The Hall–Kier alpha value is -2.48. The van der Waals surface area contributed by atoms with Gasteiger partial charge in [-0.05, 0) is 41.9 Å². The molecule has 3 rings (SSSR count). The van der Waals surface area contributed by atoms with Crippen molar-refractivity contribution in [2.75, 3.05) is 25.5 Å². The molecule has 1 aliphatic rings. The minimum Gasteiger partial charge on any atom is -0.341 e. The Morgan fingerprint density at radius 2 is 2.25 bits per heavy atom. The Bertz CT molecular complexity index is 666. The summed E-state index contributed by atoms with van der Waals surface area (Å²) in [7, 11) is 1.87. The zero-order chi connectivity index (χ0) is 16.9. The van der Waals surface area contributed by atoms with Crippen LogP contribution in [0.3, 0.4) is 0 Å². The fourth-order valence-corrected chi connectivity index (χ4v) is 2.91. The number of nitrogens with one attached hydrogen (secondary N) is 2. The normalized spacial score (nSPS) is 18.3. The summed E-state index contributed by atoms with van der Waals surface area (Å²) in [6.45, 7) is 3.78. The third-order valence-electron chi connectivity index (χ3n) is 4.41. The predicted molar refractivity (Wildman–Crippen MR) is 90.9 cm³/mol. The molecule has 1 aliphatic heterocycles. The molecule has 1 aromatic carbocycles. The Morgan fingerprint density at radius 3 is 2.92 bits per heavy atom. The molecule has 2 unspecified atom stereocenters. The molecular formula is C16H23N7O. The number of anilines is 1. The fourth-order valence-electron chi connectivity index (χ4n) is 2.91. The molecule has 2 atom stereocenters. The second-order valence-electron chi connectivity index (χ2n) is 5.95. The highest BCUT2D eigenvalue weighted by atomic mass is 16.2. The summed E-state index contributed by atoms with van der Waals surface area (Å²) in [6, 6.07) is 9.50. The van der Waals surface area contributed by atoms with Gasteiger partial charge in [-0.3, -0.25) is 4.79 Å². The SMILES string of the molecule is CCC(Nc1nnnn1-c1ccccc1)C(=O)N(C)C1CCNC1. The summed E-state index contributed by atoms with van der Waals surface area (Å²) in [5.74, 6) is 0.535. The molecule has 0 radical (unpaired) electrons. The van der Waals surface area contributed by atoms with Crippen LogP contribution in [0.15, 0.2) is 30.3 Å². The van der Waals surface area contributed by atoms with Gasteiger partial charge in [0.2, 0.25) is 11.9 Å². The minimum absolute atomic E-state index is 0.0637. The zero-order valence-corrected chi connectivity index (χ0v) is 14.0. The van der Waals surface area contributed by atoms with Gasteiger partial charge in [0, 0.05) is 19.6 Å². The lowest BCUT2D eigenvalue weighted by atomic mass is 10.1. The highest BCUT2D eigenvalue weighted by Crippen LogP contribution is 2.15. The molecule has 2 N–H and O–H groups in total. The first-order valence-electron chi connectivity index (χ1n) is 8.28. The Kier molecular flexibility index (Phi) is 5.05. The van der Waals surface area contributed by atoms with Crippen LogP contribution in [-0.2, 0) is 4.79 Å². The van der Waals surface area contributed by atoms with Crippen molar-refractivity contribution >= 4 is 11.9 Å². The molecule has 8 heteroatoms. The van der Waals surface area contributed by atoms with Gasteiger partial charge in [-0.2, -0.15) is 4.68 Å². The number of likely N-dealkylation sites (N-methyl/N-ethyl adjacent to an activating group) is 1. The van der Waals surface area contributed by atoms with Gasteiger partial charge in [-0.1, -0.05) is 30.2 Å². The van der Waals surface area contributed by atoms with Crippen molar-refractivity contribution in [1.29, 1.82) is 0 Å². The number of carbonyl (C=O) groups excluding carboxylic acids is 1. The second kappa shape index (κ2) is 7.39. The predicted octanol–water partition coefficient (Wildman–Crippen LogP) is 0.673. The van der Waals surface area contributed by atoms with Gasteiger partial charge in [0.15, 0.2) is 0 Å². The Labute approximate surface area is 141 Å². The van der Waals surface area contributed by atoms with Gasteiger partial charge in [0.05, 0.1) is 5.69 Å². The topological polar surface area (TPSA) is 88.0 Å². The second-order valence-corrected chi connectivity index (χ2v) is 5.95. The smallest absolute Gasteiger partial charge is 0.248 e. The van der Waals surface area contributed by atoms with Crippen LogP contribution in [0.5, 0.6) is 0 Å². The number of aromatic nitrogens is 4. The van der Waals surface area contributed by atoms with E-state index in [1.807, 2.05) is 49.2 Å². The highest BCUT2D eigenvalue weighted by molar-refractivity contribution is 5.84. The Balaban J connectivity index is 1.74. The van der Waals surface area contributed by atoms with Crippen molar-refractivity contribution in [2.24, 2.45) is 0 Å². The number of hydrogen-bond donors (Lipinski definition) is 2. The molecule has 8 nitrogen and oxygen atoms in total. The summed E-state index contributed by atoms with van der Waals surface area (Å²) in [4.78, 5) is 14.6. The van der Waals surface area contributed by atoms with Gasteiger partial charge in [0.25, 0.3) is 0 Å². The van der Waals surface area contributed by atoms with Crippen molar-refractivity contribution in [2.45, 2.75) is 31.8 Å². The maximum absolute atomic E-state index is 12.8. The minimum atomic E-state index is -0.357. The van der Waals surface area contributed by atoms with Crippen molar-refractivity contribution in [1.82, 2.24) is 30.4 Å². The lowest BCUT2D eigenvalue weighted by Gasteiger charge is -2.28. The van der Waals surface area contributed by atoms with E-state index in [-0.39, 0.29) is 18.0 Å². The van der Waals surface area contributed by atoms with Gasteiger partial charge in [-0.15, -0.1) is 0 Å². The van der Waals surface area contributed by atoms with E-state index in [2.05, 4.69) is 26.2 Å². The van der Waals surface area contributed by atoms with E-state index in [9.17, 15) is 4.79 Å². The van der Waals surface area contributed by atoms with E-state index in [0.29, 0.717) is 12.4 Å². The van der Waals surface area contributed by atoms with E-state index < -0.39 is 0 Å². The van der Waals surface area contributed by atoms with Gasteiger partial charge in [0.1, 0.15) is 6.04 Å². The molecule has 0 spiro atoms. The molecule has 1 fully saturated rings. The van der Waals surface area contributed by atoms with Crippen molar-refractivity contribution in [3.63, 3.8) is 0 Å². The van der Waals surface area contributed by atoms with Gasteiger partial charge >= 0.3 is 0 Å². The van der Waals surface area contributed by atoms with E-state index in [1.54, 1.807) is 4.68 Å². The molecule has 2 heterocycles. The molecule has 0 bridgehead atoms. The Morgan fingerprint density at radius 1 is 1.46 bits per heavy atom. The summed E-state index contributed by atoms with van der Waals surface area (Å²) in [6.07, 6.45) is 1.64. The number of nitrogens with zero attached hydrogens (tertiary/aromatic N) is 5. The molecule has 1 saturated heterocycles. The third kappa shape index (κ3) is 3.38. The monoisotopic (exact) mass is 329 g/mol. The first-order valence-corrected chi connectivity index (χ1v) is 8.28. The van der Waals surface area contributed by atoms with Crippen LogP contribution in [0.25, 0.3) is 5.69 Å². The van der Waals surface area contributed by atoms with Gasteiger partial charge < -0.3 is 15.5 Å². The largest absolute Gasteiger partial charge is 0.341 e. The van der Waals surface area contributed by atoms with Crippen molar-refractivity contribution < 1.29 is 4.79 Å². The molecule has 128 valence electrons. The van der Waals surface area contributed by atoms with Crippen LogP contribution in [0.2, 0.25) is 0 Å². The number of rotatable bonds is 6. The summed E-state index contributed by atoms with van der Waals surface area (Å²) in [5.41, 5.74) is 0.848. The molecule has 2 aromatic rings. The summed E-state index contributed by atoms with van der Waals surface area (Å²) in [5, 5.41) is 18.3. The highest BCUT2D eigenvalue weighted by Gasteiger charge is 2.28. The quantitative estimate of drug-likeness (QED) is 0.810. The van der Waals surface area contributed by atoms with Crippen molar-refractivity contribution in [3.05, 3.63) is 30.3 Å². The first kappa shape index (κ1) is 16.4. The van der Waals surface area contributed by atoms with Crippen LogP contribution < -0.4 is 10.6 Å². The number of hydrogen-bond acceptors (Lipinski definition) is 6. The van der Waals surface area contributed by atoms with Crippen LogP contribution in [0.4, 0.5) is 5.95 Å². The number of amides is 1.